The smallest absolute Gasteiger partial charge is 0.119 e. The van der Waals surface area contributed by atoms with E-state index in [-0.39, 0.29) is 0 Å². The van der Waals surface area contributed by atoms with Gasteiger partial charge in [0.05, 0.1) is 16.9 Å². The van der Waals surface area contributed by atoms with Gasteiger partial charge in [-0.3, -0.25) is 4.98 Å². The minimum Gasteiger partial charge on any atom is -0.549 e. The third kappa shape index (κ3) is 5.34. The summed E-state index contributed by atoms with van der Waals surface area (Å²) in [5, 5.41) is 11.0. The minimum atomic E-state index is -1.12. The fourth-order valence-electron chi connectivity index (χ4n) is 2.24. The van der Waals surface area contributed by atoms with Crippen LogP contribution >= 0.6 is 15.9 Å². The number of halogens is 1. The van der Waals surface area contributed by atoms with Gasteiger partial charge >= 0.3 is 0 Å². The van der Waals surface area contributed by atoms with Gasteiger partial charge in [-0.15, -0.1) is 0 Å². The van der Waals surface area contributed by atoms with E-state index in [1.54, 1.807) is 6.92 Å². The molecule has 0 spiro atoms. The number of carboxylic acids is 1. The summed E-state index contributed by atoms with van der Waals surface area (Å²) in [6, 6.07) is 11.6. The molecule has 1 aromatic carbocycles. The zero-order chi connectivity index (χ0) is 17.6. The van der Waals surface area contributed by atoms with Crippen molar-refractivity contribution in [3.8, 4) is 5.75 Å². The van der Waals surface area contributed by atoms with Gasteiger partial charge < -0.3 is 14.6 Å². The molecule has 1 unspecified atom stereocenters. The largest absolute Gasteiger partial charge is 0.549 e. The van der Waals surface area contributed by atoms with Crippen molar-refractivity contribution in [3.05, 3.63) is 59.4 Å². The summed E-state index contributed by atoms with van der Waals surface area (Å²) >= 11 is 3.18. The molecule has 2 rings (SSSR count). The molecule has 5 heteroatoms. The Morgan fingerprint density at radius 1 is 1.21 bits per heavy atom. The van der Waals surface area contributed by atoms with Gasteiger partial charge in [0.15, 0.2) is 0 Å². The van der Waals surface area contributed by atoms with E-state index in [1.807, 2.05) is 36.5 Å². The maximum absolute atomic E-state index is 11.0. The Kier molecular flexibility index (Phi) is 6.37. The molecule has 4 nitrogen and oxygen atoms in total. The number of hydrogen-bond acceptors (Lipinski definition) is 4. The van der Waals surface area contributed by atoms with Crippen molar-refractivity contribution in [1.29, 1.82) is 0 Å². The Labute approximate surface area is 151 Å². The molecule has 0 aliphatic heterocycles. The molecule has 0 bridgehead atoms. The van der Waals surface area contributed by atoms with Gasteiger partial charge in [0.2, 0.25) is 0 Å². The molecule has 0 fully saturated rings. The van der Waals surface area contributed by atoms with Crippen molar-refractivity contribution in [3.63, 3.8) is 0 Å². The quantitative estimate of drug-likeness (QED) is 0.650. The third-order valence-electron chi connectivity index (χ3n) is 3.81. The lowest BCUT2D eigenvalue weighted by Crippen LogP contribution is -2.42. The lowest BCUT2D eigenvalue weighted by Gasteiger charge is -2.23. The van der Waals surface area contributed by atoms with Crippen LogP contribution in [0.2, 0.25) is 0 Å². The Morgan fingerprint density at radius 2 is 1.88 bits per heavy atom. The summed E-state index contributed by atoms with van der Waals surface area (Å²) in [7, 11) is 0. The first kappa shape index (κ1) is 18.5. The highest BCUT2D eigenvalue weighted by Gasteiger charge is 2.22. The second-order valence-electron chi connectivity index (χ2n) is 5.92. The zero-order valence-electron chi connectivity index (χ0n) is 13.9. The second kappa shape index (κ2) is 8.29. The summed E-state index contributed by atoms with van der Waals surface area (Å²) in [6.45, 7) is 4.24. The number of carbonyl (C=O) groups excluding carboxylic acids is 1. The first-order valence-electron chi connectivity index (χ1n) is 7.96. The van der Waals surface area contributed by atoms with E-state index in [4.69, 9.17) is 4.74 Å². The molecule has 1 heterocycles. The number of ether oxygens (including phenoxy) is 1. The van der Waals surface area contributed by atoms with Crippen molar-refractivity contribution in [2.75, 3.05) is 6.61 Å². The number of pyridine rings is 1. The lowest BCUT2D eigenvalue weighted by atomic mass is 10.0. The predicted octanol–water partition coefficient (Wildman–Crippen LogP) is 2.71. The Balaban J connectivity index is 1.84. The van der Waals surface area contributed by atoms with Crippen LogP contribution in [0.3, 0.4) is 0 Å². The van der Waals surface area contributed by atoms with Crippen LogP contribution in [0.1, 0.15) is 30.7 Å². The van der Waals surface area contributed by atoms with Crippen molar-refractivity contribution < 1.29 is 14.6 Å². The molecule has 24 heavy (non-hydrogen) atoms. The van der Waals surface area contributed by atoms with E-state index in [2.05, 4.69) is 33.9 Å². The molecule has 0 saturated heterocycles. The maximum Gasteiger partial charge on any atom is 0.119 e. The molecule has 1 aromatic heterocycles. The molecule has 0 aliphatic rings. The van der Waals surface area contributed by atoms with E-state index in [0.29, 0.717) is 13.0 Å². The van der Waals surface area contributed by atoms with Gasteiger partial charge in [0.1, 0.15) is 5.75 Å². The van der Waals surface area contributed by atoms with Crippen molar-refractivity contribution >= 4 is 21.9 Å². The van der Waals surface area contributed by atoms with E-state index >= 15 is 0 Å². The van der Waals surface area contributed by atoms with Crippen LogP contribution in [0.5, 0.6) is 5.75 Å². The molecule has 1 atom stereocenters. The number of aromatic nitrogens is 1. The Hall–Kier alpha value is -1.88. The first-order chi connectivity index (χ1) is 11.4. The van der Waals surface area contributed by atoms with Crippen LogP contribution in [0.4, 0.5) is 0 Å². The number of carbonyl (C=O) groups is 1. The number of rotatable bonds is 8. The van der Waals surface area contributed by atoms with Crippen LogP contribution in [0.15, 0.2) is 42.6 Å². The van der Waals surface area contributed by atoms with Crippen molar-refractivity contribution in [2.45, 2.75) is 37.4 Å². The highest BCUT2D eigenvalue weighted by molar-refractivity contribution is 9.10. The van der Waals surface area contributed by atoms with E-state index in [0.717, 1.165) is 29.8 Å². The Morgan fingerprint density at radius 3 is 2.42 bits per heavy atom. The summed E-state index contributed by atoms with van der Waals surface area (Å²) in [4.78, 5) is 15.4. The SMILES string of the molecule is CCc1ccc(CCOc2ccc(CC(C)(Br)C(=O)[O-])cc2)nc1. The van der Waals surface area contributed by atoms with Gasteiger partial charge in [-0.2, -0.15) is 0 Å². The second-order valence-corrected chi connectivity index (χ2v) is 7.67. The molecule has 0 saturated carbocycles. The molecule has 2 aromatic rings. The van der Waals surface area contributed by atoms with Gasteiger partial charge in [-0.1, -0.05) is 41.1 Å². The summed E-state index contributed by atoms with van der Waals surface area (Å²) in [5.41, 5.74) is 3.14. The highest BCUT2D eigenvalue weighted by Crippen LogP contribution is 2.23. The molecule has 128 valence electrons. The summed E-state index contributed by atoms with van der Waals surface area (Å²) < 4.78 is 4.65. The normalized spacial score (nSPS) is 13.3. The van der Waals surface area contributed by atoms with E-state index in [9.17, 15) is 9.90 Å². The van der Waals surface area contributed by atoms with E-state index in [1.165, 1.54) is 5.56 Å². The fourth-order valence-corrected chi connectivity index (χ4v) is 2.57. The molecule has 0 N–H and O–H groups in total. The Bertz CT molecular complexity index is 666. The van der Waals surface area contributed by atoms with E-state index < -0.39 is 10.3 Å². The topological polar surface area (TPSA) is 62.2 Å². The van der Waals surface area contributed by atoms with Crippen LogP contribution in [0.25, 0.3) is 0 Å². The molecule has 0 aliphatic carbocycles. The standard InChI is InChI=1S/C19H22BrNO3/c1-3-14-4-7-16(21-13-14)10-11-24-17-8-5-15(6-9-17)12-19(2,20)18(22)23/h4-9,13H,3,10-12H2,1-2H3,(H,22,23)/p-1. The highest BCUT2D eigenvalue weighted by atomic mass is 79.9. The summed E-state index contributed by atoms with van der Waals surface area (Å²) in [5.74, 6) is -0.363. The van der Waals surface area contributed by atoms with Gasteiger partial charge in [0, 0.05) is 18.3 Å². The summed E-state index contributed by atoms with van der Waals surface area (Å²) in [6.07, 6.45) is 3.99. The van der Waals surface area contributed by atoms with Gasteiger partial charge in [0.25, 0.3) is 0 Å². The number of benzene rings is 1. The van der Waals surface area contributed by atoms with Crippen LogP contribution in [-0.2, 0) is 24.1 Å². The number of hydrogen-bond donors (Lipinski definition) is 0. The molecular weight excluding hydrogens is 370 g/mol. The zero-order valence-corrected chi connectivity index (χ0v) is 15.5. The first-order valence-corrected chi connectivity index (χ1v) is 8.76. The van der Waals surface area contributed by atoms with Crippen LogP contribution in [0, 0.1) is 0 Å². The molecule has 0 radical (unpaired) electrons. The van der Waals surface area contributed by atoms with Crippen molar-refractivity contribution in [1.82, 2.24) is 4.98 Å². The monoisotopic (exact) mass is 390 g/mol. The molecular formula is C19H21BrNO3-. The van der Waals surface area contributed by atoms with Gasteiger partial charge in [-0.25, -0.2) is 0 Å². The number of carboxylic acid groups (broad SMARTS) is 1. The van der Waals surface area contributed by atoms with Crippen LogP contribution < -0.4 is 9.84 Å². The average Bonchev–Trinajstić information content (AvgIpc) is 2.56. The predicted molar refractivity (Wildman–Crippen MR) is 95.3 cm³/mol. The minimum absolute atomic E-state index is 0.351. The lowest BCUT2D eigenvalue weighted by molar-refractivity contribution is -0.308. The average molecular weight is 391 g/mol. The van der Waals surface area contributed by atoms with Crippen LogP contribution in [-0.4, -0.2) is 21.9 Å². The number of aliphatic carboxylic acids is 1. The fraction of sp³-hybridized carbons (Fsp3) is 0.368. The number of alkyl halides is 1. The van der Waals surface area contributed by atoms with Crippen molar-refractivity contribution in [2.24, 2.45) is 0 Å². The number of aryl methyl sites for hydroxylation is 1. The van der Waals surface area contributed by atoms with Gasteiger partial charge in [-0.05, 0) is 49.1 Å². The molecule has 0 amide bonds. The third-order valence-corrected chi connectivity index (χ3v) is 4.41. The number of nitrogens with zero attached hydrogens (tertiary/aromatic N) is 1. The maximum atomic E-state index is 11.0.